The molecule has 0 fully saturated rings. The van der Waals surface area contributed by atoms with Crippen molar-refractivity contribution in [3.05, 3.63) is 72.2 Å². The van der Waals surface area contributed by atoms with Crippen LogP contribution in [0.1, 0.15) is 11.3 Å². The molecular weight excluding hydrogens is 232 g/mol. The van der Waals surface area contributed by atoms with Crippen molar-refractivity contribution in [2.75, 3.05) is 0 Å². The lowest BCUT2D eigenvalue weighted by molar-refractivity contribution is 1.01. The van der Waals surface area contributed by atoms with E-state index in [1.807, 2.05) is 24.5 Å². The monoisotopic (exact) mass is 248 g/mol. The molecule has 94 valence electrons. The van der Waals surface area contributed by atoms with Crippen molar-refractivity contribution in [2.24, 2.45) is 0 Å². The second kappa shape index (κ2) is 4.73. The predicted octanol–water partition coefficient (Wildman–Crippen LogP) is 4.16. The SMILES string of the molecule is Cc1ccccc1-n1c(C)ccc1-c1ccncc1. The Balaban J connectivity index is 2.23. The molecule has 19 heavy (non-hydrogen) atoms. The van der Waals surface area contributed by atoms with Gasteiger partial charge in [0.25, 0.3) is 0 Å². The Bertz CT molecular complexity index is 696. The van der Waals surface area contributed by atoms with Gasteiger partial charge >= 0.3 is 0 Å². The normalized spacial score (nSPS) is 10.6. The highest BCUT2D eigenvalue weighted by molar-refractivity contribution is 5.64. The summed E-state index contributed by atoms with van der Waals surface area (Å²) in [6.45, 7) is 4.28. The molecule has 0 bridgehead atoms. The van der Waals surface area contributed by atoms with Gasteiger partial charge in [0, 0.05) is 29.3 Å². The summed E-state index contributed by atoms with van der Waals surface area (Å²) in [5.41, 5.74) is 6.13. The quantitative estimate of drug-likeness (QED) is 0.666. The third-order valence-electron chi connectivity index (χ3n) is 3.41. The molecule has 0 saturated carbocycles. The number of aromatic nitrogens is 2. The maximum absolute atomic E-state index is 4.09. The summed E-state index contributed by atoms with van der Waals surface area (Å²) in [4.78, 5) is 4.09. The molecule has 0 spiro atoms. The maximum atomic E-state index is 4.09. The van der Waals surface area contributed by atoms with Crippen molar-refractivity contribution >= 4 is 0 Å². The first-order chi connectivity index (χ1) is 9.27. The van der Waals surface area contributed by atoms with Crippen LogP contribution in [0, 0.1) is 13.8 Å². The molecule has 3 rings (SSSR count). The average molecular weight is 248 g/mol. The number of para-hydroxylation sites is 1. The van der Waals surface area contributed by atoms with E-state index in [1.54, 1.807) is 0 Å². The summed E-state index contributed by atoms with van der Waals surface area (Å²) >= 11 is 0. The summed E-state index contributed by atoms with van der Waals surface area (Å²) in [5, 5.41) is 0. The van der Waals surface area contributed by atoms with E-state index in [2.05, 4.69) is 59.8 Å². The van der Waals surface area contributed by atoms with E-state index < -0.39 is 0 Å². The van der Waals surface area contributed by atoms with Gasteiger partial charge in [0.1, 0.15) is 0 Å². The highest BCUT2D eigenvalue weighted by Crippen LogP contribution is 2.27. The Labute approximate surface area is 113 Å². The molecule has 0 unspecified atom stereocenters. The van der Waals surface area contributed by atoms with E-state index in [-0.39, 0.29) is 0 Å². The lowest BCUT2D eigenvalue weighted by atomic mass is 10.1. The fourth-order valence-electron chi connectivity index (χ4n) is 2.42. The van der Waals surface area contributed by atoms with Crippen LogP contribution >= 0.6 is 0 Å². The smallest absolute Gasteiger partial charge is 0.0532 e. The van der Waals surface area contributed by atoms with Crippen LogP contribution in [0.5, 0.6) is 0 Å². The Morgan fingerprint density at radius 2 is 1.58 bits per heavy atom. The Morgan fingerprint density at radius 1 is 0.842 bits per heavy atom. The molecule has 0 saturated heterocycles. The van der Waals surface area contributed by atoms with Gasteiger partial charge in [0.2, 0.25) is 0 Å². The van der Waals surface area contributed by atoms with Gasteiger partial charge in [-0.05, 0) is 49.7 Å². The topological polar surface area (TPSA) is 17.8 Å². The first-order valence-electron chi connectivity index (χ1n) is 6.42. The third kappa shape index (κ3) is 2.06. The summed E-state index contributed by atoms with van der Waals surface area (Å²) in [6, 6.07) is 16.9. The van der Waals surface area contributed by atoms with Gasteiger partial charge in [-0.3, -0.25) is 4.98 Å². The summed E-state index contributed by atoms with van der Waals surface area (Å²) in [7, 11) is 0. The number of pyridine rings is 1. The lowest BCUT2D eigenvalue weighted by Gasteiger charge is -2.14. The van der Waals surface area contributed by atoms with Gasteiger partial charge in [0.05, 0.1) is 5.69 Å². The molecule has 0 amide bonds. The van der Waals surface area contributed by atoms with Gasteiger partial charge in [-0.15, -0.1) is 0 Å². The lowest BCUT2D eigenvalue weighted by Crippen LogP contribution is -2.01. The number of benzene rings is 1. The zero-order valence-corrected chi connectivity index (χ0v) is 11.2. The molecule has 0 aliphatic rings. The Hall–Kier alpha value is -2.35. The first-order valence-corrected chi connectivity index (χ1v) is 6.42. The van der Waals surface area contributed by atoms with E-state index >= 15 is 0 Å². The zero-order chi connectivity index (χ0) is 13.2. The predicted molar refractivity (Wildman–Crippen MR) is 78.5 cm³/mol. The van der Waals surface area contributed by atoms with Crippen LogP contribution in [0.15, 0.2) is 60.9 Å². The molecule has 1 aromatic carbocycles. The molecule has 0 N–H and O–H groups in total. The molecule has 2 nitrogen and oxygen atoms in total. The largest absolute Gasteiger partial charge is 0.314 e. The van der Waals surface area contributed by atoms with Crippen molar-refractivity contribution in [1.29, 1.82) is 0 Å². The van der Waals surface area contributed by atoms with Crippen molar-refractivity contribution in [1.82, 2.24) is 9.55 Å². The minimum Gasteiger partial charge on any atom is -0.314 e. The maximum Gasteiger partial charge on any atom is 0.0532 e. The van der Waals surface area contributed by atoms with E-state index in [4.69, 9.17) is 0 Å². The van der Waals surface area contributed by atoms with Crippen LogP contribution in [0.25, 0.3) is 16.9 Å². The molecule has 2 heteroatoms. The average Bonchev–Trinajstić information content (AvgIpc) is 2.82. The molecule has 0 aliphatic carbocycles. The summed E-state index contributed by atoms with van der Waals surface area (Å²) in [5.74, 6) is 0. The number of nitrogens with zero attached hydrogens (tertiary/aromatic N) is 2. The van der Waals surface area contributed by atoms with Crippen LogP contribution in [0.4, 0.5) is 0 Å². The summed E-state index contributed by atoms with van der Waals surface area (Å²) < 4.78 is 2.30. The molecule has 0 radical (unpaired) electrons. The second-order valence-corrected chi connectivity index (χ2v) is 4.72. The second-order valence-electron chi connectivity index (χ2n) is 4.72. The van der Waals surface area contributed by atoms with E-state index in [0.29, 0.717) is 0 Å². The van der Waals surface area contributed by atoms with Gasteiger partial charge in [0.15, 0.2) is 0 Å². The standard InChI is InChI=1S/C17H16N2/c1-13-5-3-4-6-16(13)19-14(2)7-8-17(19)15-9-11-18-12-10-15/h3-12H,1-2H3. The molecule has 0 atom stereocenters. The number of hydrogen-bond acceptors (Lipinski definition) is 1. The van der Waals surface area contributed by atoms with Crippen LogP contribution in [0.3, 0.4) is 0 Å². The van der Waals surface area contributed by atoms with Crippen LogP contribution < -0.4 is 0 Å². The van der Waals surface area contributed by atoms with Crippen molar-refractivity contribution in [2.45, 2.75) is 13.8 Å². The van der Waals surface area contributed by atoms with E-state index in [0.717, 1.165) is 0 Å². The van der Waals surface area contributed by atoms with Gasteiger partial charge in [-0.1, -0.05) is 18.2 Å². The first kappa shape index (κ1) is 11.7. The van der Waals surface area contributed by atoms with E-state index in [1.165, 1.54) is 28.2 Å². The Morgan fingerprint density at radius 3 is 2.32 bits per heavy atom. The van der Waals surface area contributed by atoms with Crippen LogP contribution in [-0.2, 0) is 0 Å². The van der Waals surface area contributed by atoms with Crippen molar-refractivity contribution in [3.8, 4) is 16.9 Å². The number of aryl methyl sites for hydroxylation is 2. The van der Waals surface area contributed by atoms with E-state index in [9.17, 15) is 0 Å². The van der Waals surface area contributed by atoms with Crippen LogP contribution in [-0.4, -0.2) is 9.55 Å². The molecule has 3 aromatic rings. The number of rotatable bonds is 2. The fraction of sp³-hybridized carbons (Fsp3) is 0.118. The fourth-order valence-corrected chi connectivity index (χ4v) is 2.42. The van der Waals surface area contributed by atoms with Gasteiger partial charge in [-0.2, -0.15) is 0 Å². The molecule has 2 aromatic heterocycles. The summed E-state index contributed by atoms with van der Waals surface area (Å²) in [6.07, 6.45) is 3.67. The zero-order valence-electron chi connectivity index (χ0n) is 11.2. The Kier molecular flexibility index (Phi) is 2.92. The number of hydrogen-bond donors (Lipinski definition) is 0. The molecule has 2 heterocycles. The van der Waals surface area contributed by atoms with Crippen LogP contribution in [0.2, 0.25) is 0 Å². The highest BCUT2D eigenvalue weighted by Gasteiger charge is 2.10. The van der Waals surface area contributed by atoms with Crippen molar-refractivity contribution in [3.63, 3.8) is 0 Å². The molecular formula is C17H16N2. The van der Waals surface area contributed by atoms with Gasteiger partial charge in [-0.25, -0.2) is 0 Å². The minimum atomic E-state index is 1.19. The van der Waals surface area contributed by atoms with Gasteiger partial charge < -0.3 is 4.57 Å². The van der Waals surface area contributed by atoms with Crippen molar-refractivity contribution < 1.29 is 0 Å². The third-order valence-corrected chi connectivity index (χ3v) is 3.41. The highest BCUT2D eigenvalue weighted by atomic mass is 15.0. The minimum absolute atomic E-state index is 1.19. The molecule has 0 aliphatic heterocycles.